The van der Waals surface area contributed by atoms with Crippen molar-refractivity contribution in [3.05, 3.63) is 83.1 Å². The molecule has 0 unspecified atom stereocenters. The Morgan fingerprint density at radius 3 is 2.48 bits per heavy atom. The van der Waals surface area contributed by atoms with Crippen molar-refractivity contribution in [2.24, 2.45) is 0 Å². The Morgan fingerprint density at radius 2 is 1.72 bits per heavy atom. The molecule has 0 fully saturated rings. The molecule has 0 aliphatic carbocycles. The van der Waals surface area contributed by atoms with Crippen LogP contribution >= 0.6 is 0 Å². The summed E-state index contributed by atoms with van der Waals surface area (Å²) in [4.78, 5) is 17.2. The molecule has 4 rings (SSSR count). The zero-order valence-corrected chi connectivity index (χ0v) is 16.8. The standard InChI is InChI=1S/C22H22N6O/c1-14-8-9-15(2)20(11-14)27-17(4)19(13-25-27)26-22(29)18-12-24-28(16(18)3)21-7-5-6-10-23-21/h5-13H,1-4H3,(H,26,29). The number of aromatic nitrogens is 5. The summed E-state index contributed by atoms with van der Waals surface area (Å²) >= 11 is 0. The van der Waals surface area contributed by atoms with E-state index in [4.69, 9.17) is 0 Å². The molecule has 4 aromatic rings. The highest BCUT2D eigenvalue weighted by atomic mass is 16.1. The number of hydrogen-bond acceptors (Lipinski definition) is 4. The van der Waals surface area contributed by atoms with Gasteiger partial charge in [-0.25, -0.2) is 14.3 Å². The normalized spacial score (nSPS) is 10.9. The van der Waals surface area contributed by atoms with Gasteiger partial charge in [0.2, 0.25) is 0 Å². The second-order valence-electron chi connectivity index (χ2n) is 7.04. The van der Waals surface area contributed by atoms with Crippen molar-refractivity contribution < 1.29 is 4.79 Å². The van der Waals surface area contributed by atoms with Gasteiger partial charge in [0.05, 0.1) is 40.7 Å². The molecule has 0 saturated heterocycles. The number of anilines is 1. The largest absolute Gasteiger partial charge is 0.319 e. The van der Waals surface area contributed by atoms with E-state index in [0.29, 0.717) is 17.1 Å². The van der Waals surface area contributed by atoms with E-state index in [9.17, 15) is 4.79 Å². The Kier molecular flexibility index (Phi) is 4.72. The van der Waals surface area contributed by atoms with Gasteiger partial charge in [0.25, 0.3) is 5.91 Å². The molecule has 146 valence electrons. The maximum atomic E-state index is 12.9. The molecule has 7 nitrogen and oxygen atoms in total. The van der Waals surface area contributed by atoms with E-state index in [1.54, 1.807) is 23.3 Å². The third-order valence-electron chi connectivity index (χ3n) is 4.97. The van der Waals surface area contributed by atoms with Crippen molar-refractivity contribution in [1.82, 2.24) is 24.5 Å². The van der Waals surface area contributed by atoms with Crippen molar-refractivity contribution >= 4 is 11.6 Å². The lowest BCUT2D eigenvalue weighted by Crippen LogP contribution is -2.14. The van der Waals surface area contributed by atoms with Crippen LogP contribution in [0.1, 0.15) is 32.9 Å². The average Bonchev–Trinajstić information content (AvgIpc) is 3.27. The van der Waals surface area contributed by atoms with E-state index in [1.165, 1.54) is 0 Å². The third-order valence-corrected chi connectivity index (χ3v) is 4.97. The highest BCUT2D eigenvalue weighted by molar-refractivity contribution is 6.05. The minimum absolute atomic E-state index is 0.228. The van der Waals surface area contributed by atoms with Gasteiger partial charge in [-0.1, -0.05) is 18.2 Å². The summed E-state index contributed by atoms with van der Waals surface area (Å²) in [5.41, 5.74) is 6.02. The molecular formula is C22H22N6O. The Balaban J connectivity index is 1.61. The van der Waals surface area contributed by atoms with Crippen LogP contribution < -0.4 is 5.32 Å². The molecule has 0 bridgehead atoms. The van der Waals surface area contributed by atoms with Crippen molar-refractivity contribution in [3.63, 3.8) is 0 Å². The fourth-order valence-electron chi connectivity index (χ4n) is 3.25. The highest BCUT2D eigenvalue weighted by Crippen LogP contribution is 2.23. The number of carbonyl (C=O) groups is 1. The van der Waals surface area contributed by atoms with Gasteiger partial charge in [0.15, 0.2) is 5.82 Å². The smallest absolute Gasteiger partial charge is 0.259 e. The summed E-state index contributed by atoms with van der Waals surface area (Å²) in [5, 5.41) is 11.8. The van der Waals surface area contributed by atoms with Crippen LogP contribution in [-0.4, -0.2) is 30.5 Å². The molecule has 3 aromatic heterocycles. The van der Waals surface area contributed by atoms with Gasteiger partial charge < -0.3 is 5.32 Å². The monoisotopic (exact) mass is 386 g/mol. The Bertz CT molecular complexity index is 1190. The van der Waals surface area contributed by atoms with Gasteiger partial charge in [-0.05, 0) is 57.0 Å². The van der Waals surface area contributed by atoms with Gasteiger partial charge in [-0.2, -0.15) is 10.2 Å². The second kappa shape index (κ2) is 7.35. The van der Waals surface area contributed by atoms with Crippen LogP contribution in [-0.2, 0) is 0 Å². The summed E-state index contributed by atoms with van der Waals surface area (Å²) in [6.07, 6.45) is 4.93. The van der Waals surface area contributed by atoms with Crippen molar-refractivity contribution in [2.45, 2.75) is 27.7 Å². The molecule has 1 N–H and O–H groups in total. The molecular weight excluding hydrogens is 364 g/mol. The third kappa shape index (κ3) is 3.42. The topological polar surface area (TPSA) is 77.6 Å². The molecule has 0 saturated carbocycles. The van der Waals surface area contributed by atoms with Gasteiger partial charge >= 0.3 is 0 Å². The maximum Gasteiger partial charge on any atom is 0.259 e. The Labute approximate surface area is 169 Å². The van der Waals surface area contributed by atoms with Crippen molar-refractivity contribution in [3.8, 4) is 11.5 Å². The number of benzene rings is 1. The molecule has 29 heavy (non-hydrogen) atoms. The number of carbonyl (C=O) groups excluding carboxylic acids is 1. The quantitative estimate of drug-likeness (QED) is 0.576. The lowest BCUT2D eigenvalue weighted by atomic mass is 10.1. The Morgan fingerprint density at radius 1 is 0.931 bits per heavy atom. The predicted molar refractivity (Wildman–Crippen MR) is 112 cm³/mol. The lowest BCUT2D eigenvalue weighted by molar-refractivity contribution is 0.102. The molecule has 0 spiro atoms. The number of amides is 1. The average molecular weight is 386 g/mol. The SMILES string of the molecule is Cc1ccc(C)c(-n2ncc(NC(=O)c3cnn(-c4ccccn4)c3C)c2C)c1. The van der Waals surface area contributed by atoms with Crippen LogP contribution in [0.25, 0.3) is 11.5 Å². The summed E-state index contributed by atoms with van der Waals surface area (Å²) in [6, 6.07) is 11.8. The number of aryl methyl sites for hydroxylation is 2. The number of hydrogen-bond donors (Lipinski definition) is 1. The van der Waals surface area contributed by atoms with E-state index in [-0.39, 0.29) is 5.91 Å². The fourth-order valence-corrected chi connectivity index (χ4v) is 3.25. The number of nitrogens with zero attached hydrogens (tertiary/aromatic N) is 5. The zero-order chi connectivity index (χ0) is 20.5. The molecule has 0 aliphatic heterocycles. The molecule has 0 radical (unpaired) electrons. The number of rotatable bonds is 4. The minimum atomic E-state index is -0.228. The highest BCUT2D eigenvalue weighted by Gasteiger charge is 2.18. The molecule has 3 heterocycles. The first kappa shape index (κ1) is 18.6. The number of pyridine rings is 1. The molecule has 7 heteroatoms. The van der Waals surface area contributed by atoms with Crippen LogP contribution in [0, 0.1) is 27.7 Å². The number of nitrogens with one attached hydrogen (secondary N) is 1. The van der Waals surface area contributed by atoms with Gasteiger partial charge in [-0.15, -0.1) is 0 Å². The first-order chi connectivity index (χ1) is 14.0. The van der Waals surface area contributed by atoms with Crippen LogP contribution in [0.2, 0.25) is 0 Å². The van der Waals surface area contributed by atoms with Crippen LogP contribution in [0.5, 0.6) is 0 Å². The minimum Gasteiger partial charge on any atom is -0.319 e. The fraction of sp³-hybridized carbons (Fsp3) is 0.182. The van der Waals surface area contributed by atoms with E-state index in [0.717, 1.165) is 28.2 Å². The van der Waals surface area contributed by atoms with Gasteiger partial charge in [-0.3, -0.25) is 4.79 Å². The van der Waals surface area contributed by atoms with E-state index in [2.05, 4.69) is 38.7 Å². The van der Waals surface area contributed by atoms with Crippen LogP contribution in [0.15, 0.2) is 55.0 Å². The van der Waals surface area contributed by atoms with Crippen molar-refractivity contribution in [1.29, 1.82) is 0 Å². The molecule has 1 aromatic carbocycles. The second-order valence-corrected chi connectivity index (χ2v) is 7.04. The summed E-state index contributed by atoms with van der Waals surface area (Å²) in [6.45, 7) is 7.88. The maximum absolute atomic E-state index is 12.9. The van der Waals surface area contributed by atoms with Crippen LogP contribution in [0.4, 0.5) is 5.69 Å². The lowest BCUT2D eigenvalue weighted by Gasteiger charge is -2.10. The van der Waals surface area contributed by atoms with E-state index >= 15 is 0 Å². The van der Waals surface area contributed by atoms with E-state index < -0.39 is 0 Å². The molecule has 0 aliphatic rings. The van der Waals surface area contributed by atoms with E-state index in [1.807, 2.05) is 50.6 Å². The van der Waals surface area contributed by atoms with Crippen molar-refractivity contribution in [2.75, 3.05) is 5.32 Å². The first-order valence-electron chi connectivity index (χ1n) is 9.35. The van der Waals surface area contributed by atoms with Crippen LogP contribution in [0.3, 0.4) is 0 Å². The van der Waals surface area contributed by atoms with Gasteiger partial charge in [0.1, 0.15) is 0 Å². The summed E-state index contributed by atoms with van der Waals surface area (Å²) in [5.74, 6) is 0.441. The Hall–Kier alpha value is -3.74. The van der Waals surface area contributed by atoms with Gasteiger partial charge in [0, 0.05) is 6.20 Å². The first-order valence-corrected chi connectivity index (χ1v) is 9.35. The molecule has 0 atom stereocenters. The zero-order valence-electron chi connectivity index (χ0n) is 16.8. The predicted octanol–water partition coefficient (Wildman–Crippen LogP) is 3.94. The molecule has 1 amide bonds. The summed E-state index contributed by atoms with van der Waals surface area (Å²) in [7, 11) is 0. The summed E-state index contributed by atoms with van der Waals surface area (Å²) < 4.78 is 3.50.